The minimum absolute atomic E-state index is 0.0820. The number of esters is 1. The van der Waals surface area contributed by atoms with E-state index in [0.29, 0.717) is 18.4 Å². The van der Waals surface area contributed by atoms with Gasteiger partial charge in [-0.2, -0.15) is 0 Å². The van der Waals surface area contributed by atoms with Crippen LogP contribution in [0.4, 0.5) is 4.39 Å². The second-order valence-corrected chi connectivity index (χ2v) is 9.84. The van der Waals surface area contributed by atoms with E-state index in [1.807, 2.05) is 26.8 Å². The summed E-state index contributed by atoms with van der Waals surface area (Å²) in [6, 6.07) is 0. The van der Waals surface area contributed by atoms with Gasteiger partial charge in [0.1, 0.15) is 11.8 Å². The summed E-state index contributed by atoms with van der Waals surface area (Å²) in [5, 5.41) is 11.6. The van der Waals surface area contributed by atoms with E-state index < -0.39 is 41.0 Å². The Morgan fingerprint density at radius 1 is 1.27 bits per heavy atom. The van der Waals surface area contributed by atoms with Gasteiger partial charge in [0.2, 0.25) is 5.78 Å². The van der Waals surface area contributed by atoms with Gasteiger partial charge in [-0.05, 0) is 61.7 Å². The number of ketones is 2. The van der Waals surface area contributed by atoms with Crippen LogP contribution in [0.15, 0.2) is 35.5 Å². The Morgan fingerprint density at radius 3 is 2.63 bits per heavy atom. The topological polar surface area (TPSA) is 80.7 Å². The van der Waals surface area contributed by atoms with Crippen molar-refractivity contribution in [3.8, 4) is 0 Å². The molecule has 2 fully saturated rings. The van der Waals surface area contributed by atoms with Gasteiger partial charge >= 0.3 is 5.97 Å². The predicted molar refractivity (Wildman–Crippen MR) is 108 cm³/mol. The number of Topliss-reactive ketones (excluding diaryl/α,β-unsaturated/α-hetero) is 1. The van der Waals surface area contributed by atoms with Gasteiger partial charge in [-0.1, -0.05) is 31.6 Å². The highest BCUT2D eigenvalue weighted by Gasteiger charge is 2.67. The van der Waals surface area contributed by atoms with Crippen molar-refractivity contribution in [2.24, 2.45) is 28.6 Å². The van der Waals surface area contributed by atoms with E-state index in [-0.39, 0.29) is 30.0 Å². The van der Waals surface area contributed by atoms with Crippen molar-refractivity contribution < 1.29 is 28.6 Å². The molecule has 4 aliphatic rings. The molecule has 0 heterocycles. The van der Waals surface area contributed by atoms with Crippen molar-refractivity contribution in [2.45, 2.75) is 58.7 Å². The molecule has 4 aliphatic carbocycles. The van der Waals surface area contributed by atoms with Crippen molar-refractivity contribution in [3.05, 3.63) is 35.5 Å². The number of alkyl halides is 1. The van der Waals surface area contributed by atoms with Crippen molar-refractivity contribution >= 4 is 17.5 Å². The molecule has 1 unspecified atom stereocenters. The Bertz CT molecular complexity index is 917. The van der Waals surface area contributed by atoms with Crippen molar-refractivity contribution in [1.82, 2.24) is 0 Å². The fourth-order valence-electron chi connectivity index (χ4n) is 6.75. The van der Waals surface area contributed by atoms with Crippen LogP contribution in [0.1, 0.15) is 47.0 Å². The zero-order chi connectivity index (χ0) is 22.1. The lowest BCUT2D eigenvalue weighted by Crippen LogP contribution is -2.58. The van der Waals surface area contributed by atoms with Crippen LogP contribution in [-0.4, -0.2) is 41.0 Å². The average molecular weight is 416 g/mol. The molecule has 4 rings (SSSR count). The van der Waals surface area contributed by atoms with Crippen LogP contribution in [0.5, 0.6) is 0 Å². The number of fused-ring (bicyclic) bond motifs is 5. The number of carbonyl (C=O) groups is 3. The third-order valence-electron chi connectivity index (χ3n) is 8.35. The molecule has 30 heavy (non-hydrogen) atoms. The van der Waals surface area contributed by atoms with Crippen LogP contribution in [-0.2, 0) is 19.1 Å². The molecule has 6 heteroatoms. The van der Waals surface area contributed by atoms with Crippen molar-refractivity contribution in [3.63, 3.8) is 0 Å². The normalized spacial score (nSPS) is 44.4. The first-order chi connectivity index (χ1) is 13.9. The van der Waals surface area contributed by atoms with Crippen LogP contribution in [0.25, 0.3) is 0 Å². The Morgan fingerprint density at radius 2 is 1.97 bits per heavy atom. The van der Waals surface area contributed by atoms with E-state index in [2.05, 4.69) is 0 Å². The molecule has 1 N–H and O–H groups in total. The van der Waals surface area contributed by atoms with Crippen LogP contribution < -0.4 is 0 Å². The standard InChI is InChI=1S/C24H29FO5/c1-13-9-18-16-11-20(25)19-10-15(27)5-7-22(19,3)17(16)6-8-23(18,4)24(13,29)21(28)12-30-14(2)26/h5-7,10,13,16,18,20,29H,8-9,11-12H2,1-4H3/t13-,16-,18+,20?,22-,23+,24+/m1/s1. The molecule has 7 atom stereocenters. The second-order valence-electron chi connectivity index (χ2n) is 9.84. The number of hydrogen-bond acceptors (Lipinski definition) is 5. The summed E-state index contributed by atoms with van der Waals surface area (Å²) in [4.78, 5) is 36.1. The quantitative estimate of drug-likeness (QED) is 0.564. The lowest BCUT2D eigenvalue weighted by Gasteiger charge is -2.54. The molecule has 0 aromatic carbocycles. The number of aliphatic hydroxyl groups is 1. The Balaban J connectivity index is 1.74. The zero-order valence-electron chi connectivity index (χ0n) is 17.9. The smallest absolute Gasteiger partial charge is 0.303 e. The molecule has 0 aliphatic heterocycles. The maximum Gasteiger partial charge on any atom is 0.303 e. The largest absolute Gasteiger partial charge is 0.458 e. The molecular weight excluding hydrogens is 387 g/mol. The fraction of sp³-hybridized carbons (Fsp3) is 0.625. The van der Waals surface area contributed by atoms with Gasteiger partial charge in [-0.3, -0.25) is 14.4 Å². The van der Waals surface area contributed by atoms with E-state index in [0.717, 1.165) is 5.57 Å². The molecule has 0 radical (unpaired) electrons. The highest BCUT2D eigenvalue weighted by Crippen LogP contribution is 2.66. The zero-order valence-corrected chi connectivity index (χ0v) is 17.9. The molecule has 2 saturated carbocycles. The summed E-state index contributed by atoms with van der Waals surface area (Å²) < 4.78 is 20.2. The van der Waals surface area contributed by atoms with Gasteiger partial charge in [0, 0.05) is 17.8 Å². The SMILES string of the molecule is CC(=O)OCC(=O)[C@@]1(O)[C@H](C)C[C@H]2[C@@H]3CC(F)C4=CC(=O)C=C[C@]4(C)C3=CC[C@@]21C. The van der Waals surface area contributed by atoms with Crippen LogP contribution in [0, 0.1) is 28.6 Å². The number of rotatable bonds is 3. The Kier molecular flexibility index (Phi) is 4.73. The third kappa shape index (κ3) is 2.65. The molecule has 0 saturated heterocycles. The predicted octanol–water partition coefficient (Wildman–Crippen LogP) is 3.27. The maximum absolute atomic E-state index is 15.3. The van der Waals surface area contributed by atoms with Gasteiger partial charge in [0.15, 0.2) is 12.4 Å². The number of carbonyl (C=O) groups excluding carboxylic acids is 3. The summed E-state index contributed by atoms with van der Waals surface area (Å²) in [5.74, 6) is -1.80. The molecule has 5 nitrogen and oxygen atoms in total. The minimum Gasteiger partial charge on any atom is -0.458 e. The van der Waals surface area contributed by atoms with Gasteiger partial charge < -0.3 is 9.84 Å². The summed E-state index contributed by atoms with van der Waals surface area (Å²) in [7, 11) is 0. The molecule has 0 bridgehead atoms. The Hall–Kier alpha value is -2.08. The third-order valence-corrected chi connectivity index (χ3v) is 8.35. The average Bonchev–Trinajstić information content (AvgIpc) is 2.89. The first-order valence-corrected chi connectivity index (χ1v) is 10.6. The summed E-state index contributed by atoms with van der Waals surface area (Å²) in [5.41, 5.74) is -1.48. The molecule has 0 amide bonds. The maximum atomic E-state index is 15.3. The fourth-order valence-corrected chi connectivity index (χ4v) is 6.75. The highest BCUT2D eigenvalue weighted by atomic mass is 19.1. The molecule has 0 aromatic rings. The summed E-state index contributed by atoms with van der Waals surface area (Å²) in [6.45, 7) is 6.47. The molecule has 0 spiro atoms. The molecule has 162 valence electrons. The van der Waals surface area contributed by atoms with Crippen molar-refractivity contribution in [2.75, 3.05) is 6.61 Å². The van der Waals surface area contributed by atoms with Crippen molar-refractivity contribution in [1.29, 1.82) is 0 Å². The number of halogens is 1. The molecule has 0 aromatic heterocycles. The van der Waals surface area contributed by atoms with E-state index in [9.17, 15) is 19.5 Å². The number of ether oxygens (including phenoxy) is 1. The number of allylic oxidation sites excluding steroid dienone is 6. The lowest BCUT2D eigenvalue weighted by atomic mass is 9.51. The molecular formula is C24H29FO5. The summed E-state index contributed by atoms with van der Waals surface area (Å²) in [6.07, 6.45) is 6.83. The monoisotopic (exact) mass is 416 g/mol. The van der Waals surface area contributed by atoms with E-state index in [1.165, 1.54) is 19.1 Å². The second kappa shape index (κ2) is 6.71. The minimum atomic E-state index is -1.64. The van der Waals surface area contributed by atoms with E-state index in [1.54, 1.807) is 6.08 Å². The van der Waals surface area contributed by atoms with Crippen LogP contribution >= 0.6 is 0 Å². The highest BCUT2D eigenvalue weighted by molar-refractivity contribution is 6.01. The number of hydrogen-bond donors (Lipinski definition) is 1. The Labute approximate surface area is 176 Å². The van der Waals surface area contributed by atoms with Gasteiger partial charge in [0.05, 0.1) is 0 Å². The van der Waals surface area contributed by atoms with Gasteiger partial charge in [-0.25, -0.2) is 4.39 Å². The van der Waals surface area contributed by atoms with Crippen LogP contribution in [0.3, 0.4) is 0 Å². The van der Waals surface area contributed by atoms with Gasteiger partial charge in [0.25, 0.3) is 0 Å². The lowest BCUT2D eigenvalue weighted by molar-refractivity contribution is -0.167. The van der Waals surface area contributed by atoms with E-state index in [4.69, 9.17) is 4.74 Å². The van der Waals surface area contributed by atoms with E-state index >= 15 is 4.39 Å². The summed E-state index contributed by atoms with van der Waals surface area (Å²) >= 11 is 0. The first kappa shape index (κ1) is 21.2. The van der Waals surface area contributed by atoms with Gasteiger partial charge in [-0.15, -0.1) is 0 Å². The van der Waals surface area contributed by atoms with Crippen LogP contribution in [0.2, 0.25) is 0 Å². The first-order valence-electron chi connectivity index (χ1n) is 10.6.